The van der Waals surface area contributed by atoms with E-state index in [-0.39, 0.29) is 10.7 Å². The molecule has 1 aliphatic heterocycles. The summed E-state index contributed by atoms with van der Waals surface area (Å²) in [5.74, 6) is -1.15. The predicted molar refractivity (Wildman–Crippen MR) is 140 cm³/mol. The van der Waals surface area contributed by atoms with Crippen LogP contribution in [0.25, 0.3) is 10.8 Å². The highest BCUT2D eigenvalue weighted by atomic mass is 35.5. The molecule has 178 valence electrons. The van der Waals surface area contributed by atoms with Crippen molar-refractivity contribution in [3.63, 3.8) is 0 Å². The van der Waals surface area contributed by atoms with Gasteiger partial charge in [-0.3, -0.25) is 9.59 Å². The van der Waals surface area contributed by atoms with Crippen LogP contribution in [-0.2, 0) is 9.59 Å². The standard InChI is InChI=1S/C29H21ClN2O4/c1-17-10-11-18(2)24(16-17)36-29(35)20-12-14-21(15-13-20)31-26-25(30)27(33)32(28(26)34)23-9-5-7-19-6-3-4-8-22(19)23/h3-16,31H,1-2H3. The quantitative estimate of drug-likeness (QED) is 0.205. The zero-order chi connectivity index (χ0) is 25.4. The van der Waals surface area contributed by atoms with Crippen LogP contribution in [0, 0.1) is 13.8 Å². The van der Waals surface area contributed by atoms with Gasteiger partial charge in [0.2, 0.25) is 0 Å². The number of nitrogens with one attached hydrogen (secondary N) is 1. The van der Waals surface area contributed by atoms with Crippen molar-refractivity contribution < 1.29 is 19.1 Å². The second-order valence-electron chi connectivity index (χ2n) is 8.49. The van der Waals surface area contributed by atoms with Crippen LogP contribution in [0.4, 0.5) is 11.4 Å². The Morgan fingerprint density at radius 2 is 1.58 bits per heavy atom. The number of imide groups is 1. The fraction of sp³-hybridized carbons (Fsp3) is 0.0690. The SMILES string of the molecule is Cc1ccc(C)c(OC(=O)c2ccc(NC3=C(Cl)C(=O)N(c4cccc5ccccc45)C3=O)cc2)c1. The zero-order valence-corrected chi connectivity index (χ0v) is 20.3. The first-order valence-corrected chi connectivity index (χ1v) is 11.6. The number of hydrogen-bond donors (Lipinski definition) is 1. The fourth-order valence-electron chi connectivity index (χ4n) is 4.04. The van der Waals surface area contributed by atoms with Crippen LogP contribution in [0.5, 0.6) is 5.75 Å². The average molecular weight is 497 g/mol. The molecule has 0 bridgehead atoms. The molecule has 0 saturated heterocycles. The van der Waals surface area contributed by atoms with E-state index < -0.39 is 17.8 Å². The number of rotatable bonds is 5. The van der Waals surface area contributed by atoms with Crippen LogP contribution in [0.15, 0.2) is 95.7 Å². The smallest absolute Gasteiger partial charge is 0.343 e. The molecule has 0 atom stereocenters. The number of carbonyl (C=O) groups excluding carboxylic acids is 3. The van der Waals surface area contributed by atoms with Crippen LogP contribution >= 0.6 is 11.6 Å². The van der Waals surface area contributed by atoms with Crippen molar-refractivity contribution in [1.82, 2.24) is 0 Å². The molecule has 7 heteroatoms. The van der Waals surface area contributed by atoms with Crippen LogP contribution in [-0.4, -0.2) is 17.8 Å². The number of carbonyl (C=O) groups is 3. The third-order valence-electron chi connectivity index (χ3n) is 5.97. The third-order valence-corrected chi connectivity index (χ3v) is 6.32. The monoisotopic (exact) mass is 496 g/mol. The minimum absolute atomic E-state index is 0.0275. The lowest BCUT2D eigenvalue weighted by atomic mass is 10.1. The normalized spacial score (nSPS) is 13.5. The summed E-state index contributed by atoms with van der Waals surface area (Å²) in [5, 5.41) is 4.39. The fourth-order valence-corrected chi connectivity index (χ4v) is 4.26. The first-order valence-electron chi connectivity index (χ1n) is 11.3. The molecule has 1 N–H and O–H groups in total. The largest absolute Gasteiger partial charge is 0.423 e. The van der Waals surface area contributed by atoms with E-state index in [0.717, 1.165) is 26.8 Å². The van der Waals surface area contributed by atoms with E-state index in [9.17, 15) is 14.4 Å². The van der Waals surface area contributed by atoms with Gasteiger partial charge in [-0.2, -0.15) is 0 Å². The number of halogens is 1. The van der Waals surface area contributed by atoms with Gasteiger partial charge in [0.05, 0.1) is 11.3 Å². The molecule has 0 saturated carbocycles. The topological polar surface area (TPSA) is 75.7 Å². The van der Waals surface area contributed by atoms with E-state index in [0.29, 0.717) is 22.7 Å². The molecule has 0 fully saturated rings. The second-order valence-corrected chi connectivity index (χ2v) is 8.87. The number of amides is 2. The lowest BCUT2D eigenvalue weighted by Gasteiger charge is -2.17. The maximum Gasteiger partial charge on any atom is 0.343 e. The Labute approximate surface area is 212 Å². The number of hydrogen-bond acceptors (Lipinski definition) is 5. The first kappa shape index (κ1) is 23.3. The van der Waals surface area contributed by atoms with Crippen LogP contribution < -0.4 is 15.0 Å². The minimum atomic E-state index is -0.603. The lowest BCUT2D eigenvalue weighted by molar-refractivity contribution is -0.120. The number of benzene rings is 4. The first-order chi connectivity index (χ1) is 17.3. The van der Waals surface area contributed by atoms with Crippen molar-refractivity contribution in [3.05, 3.63) is 112 Å². The molecule has 36 heavy (non-hydrogen) atoms. The van der Waals surface area contributed by atoms with E-state index in [2.05, 4.69) is 5.32 Å². The van der Waals surface area contributed by atoms with Gasteiger partial charge in [-0.1, -0.05) is 60.1 Å². The Hall–Kier alpha value is -4.42. The number of nitrogens with zero attached hydrogens (tertiary/aromatic N) is 1. The molecule has 0 aliphatic carbocycles. The summed E-state index contributed by atoms with van der Waals surface area (Å²) < 4.78 is 5.54. The van der Waals surface area contributed by atoms with Gasteiger partial charge in [0.25, 0.3) is 11.8 Å². The van der Waals surface area contributed by atoms with Crippen molar-refractivity contribution in [2.45, 2.75) is 13.8 Å². The highest BCUT2D eigenvalue weighted by Crippen LogP contribution is 2.34. The number of aryl methyl sites for hydroxylation is 2. The predicted octanol–water partition coefficient (Wildman–Crippen LogP) is 6.11. The van der Waals surface area contributed by atoms with Gasteiger partial charge in [-0.25, -0.2) is 9.69 Å². The Balaban J connectivity index is 1.35. The van der Waals surface area contributed by atoms with Gasteiger partial charge in [-0.15, -0.1) is 0 Å². The molecule has 1 aliphatic rings. The van der Waals surface area contributed by atoms with Crippen LogP contribution in [0.1, 0.15) is 21.5 Å². The Bertz CT molecular complexity index is 1570. The van der Waals surface area contributed by atoms with Gasteiger partial charge in [-0.05, 0) is 66.8 Å². The Kier molecular flexibility index (Phi) is 6.04. The molecule has 6 nitrogen and oxygen atoms in total. The van der Waals surface area contributed by atoms with Crippen LogP contribution in [0.3, 0.4) is 0 Å². The average Bonchev–Trinajstić information content (AvgIpc) is 3.09. The molecule has 0 radical (unpaired) electrons. The number of ether oxygens (including phenoxy) is 1. The molecule has 0 unspecified atom stereocenters. The highest BCUT2D eigenvalue weighted by molar-refractivity contribution is 6.53. The lowest BCUT2D eigenvalue weighted by Crippen LogP contribution is -2.32. The summed E-state index contributed by atoms with van der Waals surface area (Å²) in [6.45, 7) is 3.79. The van der Waals surface area contributed by atoms with E-state index in [4.69, 9.17) is 16.3 Å². The van der Waals surface area contributed by atoms with Crippen molar-refractivity contribution in [2.24, 2.45) is 0 Å². The summed E-state index contributed by atoms with van der Waals surface area (Å²) in [6, 6.07) is 24.9. The van der Waals surface area contributed by atoms with Crippen molar-refractivity contribution >= 4 is 51.5 Å². The molecule has 1 heterocycles. The summed E-state index contributed by atoms with van der Waals surface area (Å²) >= 11 is 6.30. The van der Waals surface area contributed by atoms with Gasteiger partial charge in [0.1, 0.15) is 16.5 Å². The van der Waals surface area contributed by atoms with E-state index in [1.807, 2.05) is 62.4 Å². The second kappa shape index (κ2) is 9.32. The van der Waals surface area contributed by atoms with Crippen molar-refractivity contribution in [1.29, 1.82) is 0 Å². The van der Waals surface area contributed by atoms with Crippen molar-refractivity contribution in [2.75, 3.05) is 10.2 Å². The number of anilines is 2. The molecular weight excluding hydrogens is 476 g/mol. The number of esters is 1. The maximum absolute atomic E-state index is 13.2. The number of fused-ring (bicyclic) bond motifs is 1. The third kappa shape index (κ3) is 4.23. The minimum Gasteiger partial charge on any atom is -0.423 e. The zero-order valence-electron chi connectivity index (χ0n) is 19.5. The Morgan fingerprint density at radius 1 is 0.861 bits per heavy atom. The molecule has 4 aromatic carbocycles. The van der Waals surface area contributed by atoms with Gasteiger partial charge >= 0.3 is 5.97 Å². The molecule has 2 amide bonds. The summed E-state index contributed by atoms with van der Waals surface area (Å²) in [7, 11) is 0. The Morgan fingerprint density at radius 3 is 2.36 bits per heavy atom. The molecule has 0 aromatic heterocycles. The van der Waals surface area contributed by atoms with Gasteiger partial charge in [0, 0.05) is 11.1 Å². The molecule has 4 aromatic rings. The van der Waals surface area contributed by atoms with E-state index in [1.54, 1.807) is 36.4 Å². The molecule has 0 spiro atoms. The van der Waals surface area contributed by atoms with E-state index in [1.165, 1.54) is 0 Å². The van der Waals surface area contributed by atoms with E-state index >= 15 is 0 Å². The molecular formula is C29H21ClN2O4. The van der Waals surface area contributed by atoms with Crippen molar-refractivity contribution in [3.8, 4) is 5.75 Å². The van der Waals surface area contributed by atoms with Crippen LogP contribution in [0.2, 0.25) is 0 Å². The summed E-state index contributed by atoms with van der Waals surface area (Å²) in [6.07, 6.45) is 0. The van der Waals surface area contributed by atoms with Gasteiger partial charge < -0.3 is 10.1 Å². The summed E-state index contributed by atoms with van der Waals surface area (Å²) in [5.41, 5.74) is 3.11. The maximum atomic E-state index is 13.2. The summed E-state index contributed by atoms with van der Waals surface area (Å²) in [4.78, 5) is 39.9. The van der Waals surface area contributed by atoms with Gasteiger partial charge in [0.15, 0.2) is 0 Å². The highest BCUT2D eigenvalue weighted by Gasteiger charge is 2.39. The molecule has 5 rings (SSSR count).